The third kappa shape index (κ3) is 2.70. The van der Waals surface area contributed by atoms with E-state index in [9.17, 15) is 8.42 Å². The summed E-state index contributed by atoms with van der Waals surface area (Å²) in [7, 11) is -1.75. The van der Waals surface area contributed by atoms with Gasteiger partial charge in [0.05, 0.1) is 6.20 Å². The van der Waals surface area contributed by atoms with E-state index in [4.69, 9.17) is 11.6 Å². The van der Waals surface area contributed by atoms with Gasteiger partial charge in [-0.3, -0.25) is 4.68 Å². The zero-order valence-electron chi connectivity index (χ0n) is 10.4. The molecule has 1 aliphatic heterocycles. The Morgan fingerprint density at radius 1 is 1.44 bits per heavy atom. The minimum Gasteiger partial charge on any atom is -0.274 e. The van der Waals surface area contributed by atoms with Gasteiger partial charge in [0, 0.05) is 31.7 Å². The molecule has 5 nitrogen and oxygen atoms in total. The number of hydrogen-bond donors (Lipinski definition) is 0. The van der Waals surface area contributed by atoms with Crippen LogP contribution in [0.2, 0.25) is 0 Å². The number of nitrogens with zero attached hydrogens (tertiary/aromatic N) is 3. The van der Waals surface area contributed by atoms with E-state index in [-0.39, 0.29) is 10.9 Å². The van der Waals surface area contributed by atoms with E-state index in [2.05, 4.69) is 5.10 Å². The summed E-state index contributed by atoms with van der Waals surface area (Å²) in [6.45, 7) is 0.550. The molecule has 2 heterocycles. The van der Waals surface area contributed by atoms with Gasteiger partial charge >= 0.3 is 0 Å². The van der Waals surface area contributed by atoms with Gasteiger partial charge in [-0.05, 0) is 12.8 Å². The molecule has 0 N–H and O–H groups in total. The van der Waals surface area contributed by atoms with Crippen molar-refractivity contribution < 1.29 is 8.42 Å². The maximum Gasteiger partial charge on any atom is 0.246 e. The van der Waals surface area contributed by atoms with Crippen LogP contribution >= 0.6 is 11.6 Å². The van der Waals surface area contributed by atoms with Crippen LogP contribution in [0.15, 0.2) is 17.3 Å². The number of aromatic nitrogens is 2. The summed E-state index contributed by atoms with van der Waals surface area (Å²) in [4.78, 5) is 0.252. The molecule has 1 aliphatic rings. The van der Waals surface area contributed by atoms with E-state index in [0.29, 0.717) is 12.4 Å². The van der Waals surface area contributed by atoms with Crippen molar-refractivity contribution in [2.24, 2.45) is 7.05 Å². The molecular weight excluding hydrogens is 274 g/mol. The maximum atomic E-state index is 12.5. The summed E-state index contributed by atoms with van der Waals surface area (Å²) < 4.78 is 28.1. The molecule has 0 saturated carbocycles. The van der Waals surface area contributed by atoms with E-state index < -0.39 is 10.0 Å². The van der Waals surface area contributed by atoms with Crippen molar-refractivity contribution in [2.75, 3.05) is 12.4 Å². The minimum atomic E-state index is -3.46. The van der Waals surface area contributed by atoms with Crippen LogP contribution in [0.1, 0.15) is 25.7 Å². The van der Waals surface area contributed by atoms with Gasteiger partial charge in [-0.1, -0.05) is 12.8 Å². The first-order valence-electron chi connectivity index (χ1n) is 6.12. The van der Waals surface area contributed by atoms with E-state index in [1.807, 2.05) is 0 Å². The molecule has 1 unspecified atom stereocenters. The Morgan fingerprint density at radius 2 is 2.22 bits per heavy atom. The predicted octanol–water partition coefficient (Wildman–Crippen LogP) is 1.59. The van der Waals surface area contributed by atoms with E-state index in [0.717, 1.165) is 25.7 Å². The van der Waals surface area contributed by atoms with Crippen molar-refractivity contribution in [1.82, 2.24) is 14.1 Å². The fourth-order valence-corrected chi connectivity index (χ4v) is 4.37. The van der Waals surface area contributed by atoms with Gasteiger partial charge in [0.25, 0.3) is 0 Å². The van der Waals surface area contributed by atoms with Crippen LogP contribution in [0.3, 0.4) is 0 Å². The molecule has 1 saturated heterocycles. The lowest BCUT2D eigenvalue weighted by Crippen LogP contribution is -2.40. The van der Waals surface area contributed by atoms with Crippen LogP contribution < -0.4 is 0 Å². The third-order valence-electron chi connectivity index (χ3n) is 3.29. The lowest BCUT2D eigenvalue weighted by molar-refractivity contribution is 0.345. The Hall–Kier alpha value is -0.590. The van der Waals surface area contributed by atoms with E-state index >= 15 is 0 Å². The first kappa shape index (κ1) is 13.8. The molecule has 2 rings (SSSR count). The highest BCUT2D eigenvalue weighted by atomic mass is 35.5. The summed E-state index contributed by atoms with van der Waals surface area (Å²) >= 11 is 5.92. The van der Waals surface area contributed by atoms with Crippen molar-refractivity contribution in [1.29, 1.82) is 0 Å². The Balaban J connectivity index is 2.32. The highest BCUT2D eigenvalue weighted by molar-refractivity contribution is 7.89. The van der Waals surface area contributed by atoms with Crippen molar-refractivity contribution in [3.05, 3.63) is 12.4 Å². The molecule has 18 heavy (non-hydrogen) atoms. The molecule has 102 valence electrons. The van der Waals surface area contributed by atoms with Crippen LogP contribution in [0.5, 0.6) is 0 Å². The van der Waals surface area contributed by atoms with Gasteiger partial charge in [-0.2, -0.15) is 9.40 Å². The lowest BCUT2D eigenvalue weighted by atomic mass is 10.1. The zero-order valence-corrected chi connectivity index (χ0v) is 12.0. The second-order valence-corrected chi connectivity index (χ2v) is 6.82. The molecule has 0 bridgehead atoms. The molecule has 1 aromatic heterocycles. The summed E-state index contributed by atoms with van der Waals surface area (Å²) in [5.74, 6) is 0.347. The van der Waals surface area contributed by atoms with Crippen LogP contribution in [0, 0.1) is 0 Å². The van der Waals surface area contributed by atoms with Gasteiger partial charge in [0.1, 0.15) is 4.90 Å². The molecule has 0 spiro atoms. The standard InChI is InChI=1S/C11H18ClN3O2S/c1-14-9-11(8-13-14)18(16,17)15-6-4-2-3-5-10(15)7-12/h8-10H,2-7H2,1H3. The number of alkyl halides is 1. The Labute approximate surface area is 113 Å². The van der Waals surface area contributed by atoms with Crippen LogP contribution in [0.4, 0.5) is 0 Å². The van der Waals surface area contributed by atoms with Gasteiger partial charge in [0.2, 0.25) is 10.0 Å². The number of rotatable bonds is 3. The SMILES string of the molecule is Cn1cc(S(=O)(=O)N2CCCCCC2CCl)cn1. The van der Waals surface area contributed by atoms with Crippen molar-refractivity contribution >= 4 is 21.6 Å². The van der Waals surface area contributed by atoms with E-state index in [1.54, 1.807) is 11.4 Å². The van der Waals surface area contributed by atoms with Crippen LogP contribution in [-0.4, -0.2) is 41.0 Å². The quantitative estimate of drug-likeness (QED) is 0.795. The predicted molar refractivity (Wildman–Crippen MR) is 70.1 cm³/mol. The molecule has 1 atom stereocenters. The van der Waals surface area contributed by atoms with Crippen LogP contribution in [0.25, 0.3) is 0 Å². The largest absolute Gasteiger partial charge is 0.274 e. The fourth-order valence-electron chi connectivity index (χ4n) is 2.29. The zero-order chi connectivity index (χ0) is 13.2. The van der Waals surface area contributed by atoms with Crippen molar-refractivity contribution in [2.45, 2.75) is 36.6 Å². The molecule has 1 aromatic rings. The van der Waals surface area contributed by atoms with Gasteiger partial charge in [0.15, 0.2) is 0 Å². The Morgan fingerprint density at radius 3 is 2.83 bits per heavy atom. The second-order valence-electron chi connectivity index (χ2n) is 4.62. The Bertz CT molecular complexity index is 500. The van der Waals surface area contributed by atoms with Crippen molar-refractivity contribution in [3.63, 3.8) is 0 Å². The number of hydrogen-bond acceptors (Lipinski definition) is 3. The molecule has 7 heteroatoms. The first-order chi connectivity index (χ1) is 8.55. The highest BCUT2D eigenvalue weighted by Crippen LogP contribution is 2.25. The van der Waals surface area contributed by atoms with Crippen LogP contribution in [-0.2, 0) is 17.1 Å². The first-order valence-corrected chi connectivity index (χ1v) is 8.09. The smallest absolute Gasteiger partial charge is 0.246 e. The second kappa shape index (κ2) is 5.59. The summed E-state index contributed by atoms with van der Waals surface area (Å²) in [6.07, 6.45) is 6.76. The molecule has 0 radical (unpaired) electrons. The van der Waals surface area contributed by atoms with Crippen molar-refractivity contribution in [3.8, 4) is 0 Å². The maximum absolute atomic E-state index is 12.5. The van der Waals surface area contributed by atoms with E-state index in [1.165, 1.54) is 17.1 Å². The topological polar surface area (TPSA) is 55.2 Å². The third-order valence-corrected chi connectivity index (χ3v) is 5.55. The number of sulfonamides is 1. The van der Waals surface area contributed by atoms with Gasteiger partial charge < -0.3 is 0 Å². The Kier molecular flexibility index (Phi) is 4.29. The number of aryl methyl sites for hydroxylation is 1. The summed E-state index contributed by atoms with van der Waals surface area (Å²) in [5.41, 5.74) is 0. The molecular formula is C11H18ClN3O2S. The fraction of sp³-hybridized carbons (Fsp3) is 0.727. The molecule has 0 aliphatic carbocycles. The van der Waals surface area contributed by atoms with Gasteiger partial charge in [-0.25, -0.2) is 8.42 Å². The molecule has 0 amide bonds. The van der Waals surface area contributed by atoms with Gasteiger partial charge in [-0.15, -0.1) is 11.6 Å². The normalized spacial score (nSPS) is 22.9. The molecule has 0 aromatic carbocycles. The lowest BCUT2D eigenvalue weighted by Gasteiger charge is -2.26. The summed E-state index contributed by atoms with van der Waals surface area (Å²) in [6, 6.07) is -0.0978. The monoisotopic (exact) mass is 291 g/mol. The average Bonchev–Trinajstić information content (AvgIpc) is 2.65. The summed E-state index contributed by atoms with van der Waals surface area (Å²) in [5, 5.41) is 3.93. The molecule has 1 fully saturated rings. The highest BCUT2D eigenvalue weighted by Gasteiger charge is 2.32. The average molecular weight is 292 g/mol. The number of halogens is 1. The minimum absolute atomic E-state index is 0.0978.